The fraction of sp³-hybridized carbons (Fsp3) is 0.448. The van der Waals surface area contributed by atoms with Crippen molar-refractivity contribution in [3.8, 4) is 5.75 Å². The van der Waals surface area contributed by atoms with E-state index in [2.05, 4.69) is 10.6 Å². The number of nitrogens with two attached hydrogens (primary N) is 1. The van der Waals surface area contributed by atoms with Crippen molar-refractivity contribution >= 4 is 29.5 Å². The van der Waals surface area contributed by atoms with Crippen LogP contribution in [-0.4, -0.2) is 51.5 Å². The molecule has 0 heterocycles. The zero-order valence-corrected chi connectivity index (χ0v) is 23.5. The number of phenolic OH excluding ortho intramolecular Hbond substituents is 1. The van der Waals surface area contributed by atoms with Gasteiger partial charge in [-0.15, -0.1) is 0 Å². The monoisotopic (exact) mass is 540 g/mol. The van der Waals surface area contributed by atoms with E-state index in [0.717, 1.165) is 5.56 Å². The van der Waals surface area contributed by atoms with Gasteiger partial charge < -0.3 is 31.1 Å². The number of benzene rings is 2. The van der Waals surface area contributed by atoms with Crippen molar-refractivity contribution in [2.45, 2.75) is 84.5 Å². The number of primary amides is 1. The van der Waals surface area contributed by atoms with Crippen molar-refractivity contribution in [2.24, 2.45) is 5.73 Å². The topological polar surface area (TPSA) is 151 Å². The third-order valence-electron chi connectivity index (χ3n) is 6.13. The average Bonchev–Trinajstić information content (AvgIpc) is 2.85. The SMILES string of the molecule is CCC(C)N(C(=O)C(CCC(N)=O)NC(=O)OC(C)(C)C)C(C(=O)Nc1ccccc1C)c1ccc(O)cc1. The van der Waals surface area contributed by atoms with E-state index < -0.39 is 47.5 Å². The minimum atomic E-state index is -1.19. The Morgan fingerprint density at radius 3 is 2.21 bits per heavy atom. The lowest BCUT2D eigenvalue weighted by atomic mass is 9.98. The molecular weight excluding hydrogens is 500 g/mol. The first-order valence-corrected chi connectivity index (χ1v) is 13.0. The molecule has 5 N–H and O–H groups in total. The van der Waals surface area contributed by atoms with Crippen LogP contribution in [0.2, 0.25) is 0 Å². The smallest absolute Gasteiger partial charge is 0.408 e. The highest BCUT2D eigenvalue weighted by atomic mass is 16.6. The molecule has 3 unspecified atom stereocenters. The number of carbonyl (C=O) groups excluding carboxylic acids is 4. The Bertz CT molecular complexity index is 1160. The Balaban J connectivity index is 2.57. The number of phenols is 1. The second-order valence-corrected chi connectivity index (χ2v) is 10.5. The highest BCUT2D eigenvalue weighted by Crippen LogP contribution is 2.29. The highest BCUT2D eigenvalue weighted by molar-refractivity contribution is 5.99. The second-order valence-electron chi connectivity index (χ2n) is 10.5. The molecular formula is C29H40N4O6. The van der Waals surface area contributed by atoms with Crippen LogP contribution in [0.5, 0.6) is 5.75 Å². The first-order valence-electron chi connectivity index (χ1n) is 13.0. The van der Waals surface area contributed by atoms with E-state index >= 15 is 0 Å². The van der Waals surface area contributed by atoms with Gasteiger partial charge in [0.2, 0.25) is 11.8 Å². The molecule has 0 bridgehead atoms. The molecule has 10 nitrogen and oxygen atoms in total. The maximum atomic E-state index is 14.1. The Morgan fingerprint density at radius 1 is 1.05 bits per heavy atom. The van der Waals surface area contributed by atoms with Gasteiger partial charge in [-0.2, -0.15) is 0 Å². The molecule has 0 saturated heterocycles. The summed E-state index contributed by atoms with van der Waals surface area (Å²) in [6.45, 7) is 10.6. The van der Waals surface area contributed by atoms with Crippen LogP contribution in [0.25, 0.3) is 0 Å². The van der Waals surface area contributed by atoms with Crippen molar-refractivity contribution in [1.82, 2.24) is 10.2 Å². The molecule has 0 spiro atoms. The molecule has 0 fully saturated rings. The Labute approximate surface area is 229 Å². The molecule has 2 aromatic carbocycles. The van der Waals surface area contributed by atoms with Crippen LogP contribution in [0.4, 0.5) is 10.5 Å². The molecule has 10 heteroatoms. The van der Waals surface area contributed by atoms with Gasteiger partial charge in [-0.3, -0.25) is 14.4 Å². The fourth-order valence-corrected chi connectivity index (χ4v) is 3.98. The summed E-state index contributed by atoms with van der Waals surface area (Å²) in [6, 6.07) is 10.5. The number of hydrogen-bond acceptors (Lipinski definition) is 6. The third-order valence-corrected chi connectivity index (χ3v) is 6.13. The zero-order chi connectivity index (χ0) is 29.3. The number of aryl methyl sites for hydroxylation is 1. The number of alkyl carbamates (subject to hydrolysis) is 1. The normalized spacial score (nSPS) is 13.5. The first kappa shape index (κ1) is 31.1. The lowest BCUT2D eigenvalue weighted by Gasteiger charge is -2.38. The molecule has 0 radical (unpaired) electrons. The predicted molar refractivity (Wildman–Crippen MR) is 149 cm³/mol. The molecule has 39 heavy (non-hydrogen) atoms. The summed E-state index contributed by atoms with van der Waals surface area (Å²) in [5.74, 6) is -1.69. The van der Waals surface area contributed by atoms with Crippen LogP contribution < -0.4 is 16.4 Å². The van der Waals surface area contributed by atoms with Gasteiger partial charge in [0, 0.05) is 18.2 Å². The molecule has 3 atom stereocenters. The van der Waals surface area contributed by atoms with Gasteiger partial charge in [0.15, 0.2) is 0 Å². The second kappa shape index (κ2) is 13.6. The van der Waals surface area contributed by atoms with Gasteiger partial charge in [0.1, 0.15) is 23.4 Å². The van der Waals surface area contributed by atoms with E-state index in [-0.39, 0.29) is 18.6 Å². The van der Waals surface area contributed by atoms with E-state index in [1.807, 2.05) is 26.0 Å². The standard InChI is InChI=1S/C29H40N4O6/c1-7-19(3)33(27(37)23(16-17-24(30)35)32-28(38)39-29(4,5)6)25(20-12-14-21(34)15-13-20)26(36)31-22-11-9-8-10-18(22)2/h8-15,19,23,25,34H,7,16-17H2,1-6H3,(H2,30,35)(H,31,36)(H,32,38). The Hall–Kier alpha value is -4.08. The van der Waals surface area contributed by atoms with Crippen LogP contribution in [0.3, 0.4) is 0 Å². The molecule has 212 valence electrons. The van der Waals surface area contributed by atoms with Gasteiger partial charge >= 0.3 is 6.09 Å². The summed E-state index contributed by atoms with van der Waals surface area (Å²) in [5, 5.41) is 15.4. The van der Waals surface area contributed by atoms with Crippen LogP contribution in [0.15, 0.2) is 48.5 Å². The molecule has 0 aliphatic carbocycles. The van der Waals surface area contributed by atoms with E-state index in [0.29, 0.717) is 17.7 Å². The van der Waals surface area contributed by atoms with E-state index in [1.165, 1.54) is 17.0 Å². The van der Waals surface area contributed by atoms with E-state index in [4.69, 9.17) is 10.5 Å². The van der Waals surface area contributed by atoms with E-state index in [1.54, 1.807) is 52.0 Å². The van der Waals surface area contributed by atoms with Gasteiger partial charge in [-0.05, 0) is 76.8 Å². The minimum absolute atomic E-state index is 0.00385. The summed E-state index contributed by atoms with van der Waals surface area (Å²) in [7, 11) is 0. The van der Waals surface area contributed by atoms with Crippen LogP contribution >= 0.6 is 0 Å². The van der Waals surface area contributed by atoms with Crippen molar-refractivity contribution in [1.29, 1.82) is 0 Å². The zero-order valence-electron chi connectivity index (χ0n) is 23.5. The summed E-state index contributed by atoms with van der Waals surface area (Å²) in [6.07, 6.45) is -0.588. The largest absolute Gasteiger partial charge is 0.508 e. The number of hydrogen-bond donors (Lipinski definition) is 4. The number of carbonyl (C=O) groups is 4. The summed E-state index contributed by atoms with van der Waals surface area (Å²) in [4.78, 5) is 53.6. The number of aromatic hydroxyl groups is 1. The molecule has 2 aromatic rings. The van der Waals surface area contributed by atoms with Crippen molar-refractivity contribution in [2.75, 3.05) is 5.32 Å². The van der Waals surface area contributed by atoms with E-state index in [9.17, 15) is 24.3 Å². The summed E-state index contributed by atoms with van der Waals surface area (Å²) < 4.78 is 5.35. The maximum absolute atomic E-state index is 14.1. The molecule has 4 amide bonds. The Morgan fingerprint density at radius 2 is 1.67 bits per heavy atom. The fourth-order valence-electron chi connectivity index (χ4n) is 3.98. The van der Waals surface area contributed by atoms with Crippen LogP contribution in [-0.2, 0) is 19.1 Å². The van der Waals surface area contributed by atoms with Crippen molar-refractivity contribution < 1.29 is 29.0 Å². The van der Waals surface area contributed by atoms with Crippen molar-refractivity contribution in [3.05, 3.63) is 59.7 Å². The lowest BCUT2D eigenvalue weighted by Crippen LogP contribution is -2.55. The summed E-state index contributed by atoms with van der Waals surface area (Å²) >= 11 is 0. The molecule has 0 aromatic heterocycles. The number of rotatable bonds is 11. The number of para-hydroxylation sites is 1. The molecule has 0 aliphatic rings. The molecule has 0 aliphatic heterocycles. The molecule has 0 saturated carbocycles. The quantitative estimate of drug-likeness (QED) is 0.336. The maximum Gasteiger partial charge on any atom is 0.408 e. The number of nitrogens with zero attached hydrogens (tertiary/aromatic N) is 1. The first-order chi connectivity index (χ1) is 18.2. The Kier molecular flexibility index (Phi) is 10.9. The van der Waals surface area contributed by atoms with Gasteiger partial charge in [0.05, 0.1) is 0 Å². The minimum Gasteiger partial charge on any atom is -0.508 e. The van der Waals surface area contributed by atoms with Gasteiger partial charge in [-0.1, -0.05) is 37.3 Å². The van der Waals surface area contributed by atoms with Crippen LogP contribution in [0.1, 0.15) is 71.0 Å². The lowest BCUT2D eigenvalue weighted by molar-refractivity contribution is -0.143. The molecule has 2 rings (SSSR count). The summed E-state index contributed by atoms with van der Waals surface area (Å²) in [5.41, 5.74) is 6.41. The third kappa shape index (κ3) is 9.31. The van der Waals surface area contributed by atoms with Gasteiger partial charge in [0.25, 0.3) is 5.91 Å². The number of anilines is 1. The average molecular weight is 541 g/mol. The number of nitrogens with one attached hydrogen (secondary N) is 2. The predicted octanol–water partition coefficient (Wildman–Crippen LogP) is 4.17. The number of ether oxygens (including phenoxy) is 1. The van der Waals surface area contributed by atoms with Crippen molar-refractivity contribution in [3.63, 3.8) is 0 Å². The number of amides is 4. The highest BCUT2D eigenvalue weighted by Gasteiger charge is 2.38. The van der Waals surface area contributed by atoms with Crippen LogP contribution in [0, 0.1) is 6.92 Å². The van der Waals surface area contributed by atoms with Gasteiger partial charge in [-0.25, -0.2) is 4.79 Å².